The van der Waals surface area contributed by atoms with Crippen LogP contribution in [0.3, 0.4) is 0 Å². The zero-order valence-corrected chi connectivity index (χ0v) is 13.8. The van der Waals surface area contributed by atoms with Gasteiger partial charge in [-0.15, -0.1) is 0 Å². The van der Waals surface area contributed by atoms with Crippen molar-refractivity contribution in [3.63, 3.8) is 0 Å². The highest BCUT2D eigenvalue weighted by Gasteiger charge is 2.05. The smallest absolute Gasteiger partial charge is 0.137 e. The highest BCUT2D eigenvalue weighted by molar-refractivity contribution is 5.86. The summed E-state index contributed by atoms with van der Waals surface area (Å²) in [7, 11) is 0. The molecule has 0 unspecified atom stereocenters. The molecule has 0 amide bonds. The van der Waals surface area contributed by atoms with E-state index in [-0.39, 0.29) is 0 Å². The van der Waals surface area contributed by atoms with E-state index < -0.39 is 0 Å². The van der Waals surface area contributed by atoms with Crippen LogP contribution >= 0.6 is 0 Å². The van der Waals surface area contributed by atoms with E-state index in [4.69, 9.17) is 4.74 Å². The van der Waals surface area contributed by atoms with Crippen LogP contribution in [-0.2, 0) is 0 Å². The Bertz CT molecular complexity index is 987. The standard InChI is InChI=1S/C21H20N2O/c1-2-3-12-24-19-9-8-17-14-21(22-15-18(17)13-19)23-11-10-16-6-4-5-7-20(16)23/h4-11,13-15H,2-3,12H2,1H3. The van der Waals surface area contributed by atoms with Gasteiger partial charge >= 0.3 is 0 Å². The summed E-state index contributed by atoms with van der Waals surface area (Å²) in [6.45, 7) is 2.93. The van der Waals surface area contributed by atoms with Crippen LogP contribution in [0.1, 0.15) is 19.8 Å². The third kappa shape index (κ3) is 2.73. The van der Waals surface area contributed by atoms with E-state index in [2.05, 4.69) is 71.2 Å². The van der Waals surface area contributed by atoms with Crippen LogP contribution in [0.25, 0.3) is 27.5 Å². The second kappa shape index (κ2) is 6.36. The molecule has 0 fully saturated rings. The van der Waals surface area contributed by atoms with Crippen molar-refractivity contribution >= 4 is 21.7 Å². The average Bonchev–Trinajstić information content (AvgIpc) is 3.05. The van der Waals surface area contributed by atoms with Crippen LogP contribution in [-0.4, -0.2) is 16.2 Å². The first kappa shape index (κ1) is 14.8. The Balaban J connectivity index is 1.69. The number of hydrogen-bond acceptors (Lipinski definition) is 2. The first-order chi connectivity index (χ1) is 11.8. The van der Waals surface area contributed by atoms with Crippen molar-refractivity contribution in [2.45, 2.75) is 19.8 Å². The number of unbranched alkanes of at least 4 members (excludes halogenated alkanes) is 1. The predicted octanol–water partition coefficient (Wildman–Crippen LogP) is 5.36. The fourth-order valence-corrected chi connectivity index (χ4v) is 2.95. The Hall–Kier alpha value is -2.81. The number of para-hydroxylation sites is 1. The molecule has 24 heavy (non-hydrogen) atoms. The fourth-order valence-electron chi connectivity index (χ4n) is 2.95. The van der Waals surface area contributed by atoms with E-state index in [1.54, 1.807) is 0 Å². The summed E-state index contributed by atoms with van der Waals surface area (Å²) >= 11 is 0. The Morgan fingerprint density at radius 2 is 1.88 bits per heavy atom. The molecular formula is C21H20N2O. The van der Waals surface area contributed by atoms with Crippen LogP contribution in [0.2, 0.25) is 0 Å². The normalized spacial score (nSPS) is 11.2. The van der Waals surface area contributed by atoms with E-state index in [0.717, 1.165) is 36.4 Å². The van der Waals surface area contributed by atoms with E-state index >= 15 is 0 Å². The number of benzene rings is 2. The monoisotopic (exact) mass is 316 g/mol. The van der Waals surface area contributed by atoms with Gasteiger partial charge in [0, 0.05) is 17.8 Å². The number of rotatable bonds is 5. The van der Waals surface area contributed by atoms with Gasteiger partial charge < -0.3 is 9.30 Å². The highest BCUT2D eigenvalue weighted by atomic mass is 16.5. The lowest BCUT2D eigenvalue weighted by Gasteiger charge is -2.09. The van der Waals surface area contributed by atoms with Gasteiger partial charge in [-0.05, 0) is 47.5 Å². The van der Waals surface area contributed by atoms with Crippen LogP contribution in [0.4, 0.5) is 0 Å². The summed E-state index contributed by atoms with van der Waals surface area (Å²) in [6, 6.07) is 18.8. The molecule has 120 valence electrons. The SMILES string of the molecule is CCCCOc1ccc2cc(-n3ccc4ccccc43)ncc2c1. The zero-order chi connectivity index (χ0) is 16.4. The summed E-state index contributed by atoms with van der Waals surface area (Å²) in [5.41, 5.74) is 1.17. The number of nitrogens with zero attached hydrogens (tertiary/aromatic N) is 2. The molecule has 0 saturated carbocycles. The molecule has 2 heterocycles. The number of aromatic nitrogens is 2. The molecule has 0 aliphatic carbocycles. The number of pyridine rings is 1. The summed E-state index contributed by atoms with van der Waals surface area (Å²) < 4.78 is 7.91. The quantitative estimate of drug-likeness (QED) is 0.464. The van der Waals surface area contributed by atoms with Crippen LogP contribution in [0.15, 0.2) is 67.0 Å². The second-order valence-corrected chi connectivity index (χ2v) is 6.00. The molecule has 4 aromatic rings. The molecular weight excluding hydrogens is 296 g/mol. The lowest BCUT2D eigenvalue weighted by Crippen LogP contribution is -1.97. The van der Waals surface area contributed by atoms with Gasteiger partial charge in [-0.3, -0.25) is 0 Å². The van der Waals surface area contributed by atoms with Crippen molar-refractivity contribution in [1.29, 1.82) is 0 Å². The number of hydrogen-bond donors (Lipinski definition) is 0. The molecule has 2 aromatic heterocycles. The molecule has 3 heteroatoms. The molecule has 0 aliphatic rings. The van der Waals surface area contributed by atoms with Gasteiger partial charge in [0.1, 0.15) is 11.6 Å². The molecule has 0 aliphatic heterocycles. The van der Waals surface area contributed by atoms with Crippen LogP contribution in [0.5, 0.6) is 5.75 Å². The van der Waals surface area contributed by atoms with Gasteiger partial charge in [0.2, 0.25) is 0 Å². The van der Waals surface area contributed by atoms with Crippen molar-refractivity contribution in [2.24, 2.45) is 0 Å². The van der Waals surface area contributed by atoms with E-state index in [0.29, 0.717) is 0 Å². The minimum absolute atomic E-state index is 0.767. The maximum Gasteiger partial charge on any atom is 0.137 e. The molecule has 0 radical (unpaired) electrons. The number of ether oxygens (including phenoxy) is 1. The van der Waals surface area contributed by atoms with Crippen LogP contribution < -0.4 is 4.74 Å². The van der Waals surface area contributed by atoms with Gasteiger partial charge in [-0.1, -0.05) is 37.6 Å². The van der Waals surface area contributed by atoms with Gasteiger partial charge in [-0.25, -0.2) is 4.98 Å². The van der Waals surface area contributed by atoms with Gasteiger partial charge in [0.25, 0.3) is 0 Å². The van der Waals surface area contributed by atoms with Crippen molar-refractivity contribution in [1.82, 2.24) is 9.55 Å². The first-order valence-corrected chi connectivity index (χ1v) is 8.44. The molecule has 4 rings (SSSR count). The largest absolute Gasteiger partial charge is 0.494 e. The molecule has 0 bridgehead atoms. The van der Waals surface area contributed by atoms with E-state index in [1.807, 2.05) is 12.3 Å². The molecule has 0 saturated heterocycles. The third-order valence-corrected chi connectivity index (χ3v) is 4.29. The first-order valence-electron chi connectivity index (χ1n) is 8.44. The minimum atomic E-state index is 0.767. The molecule has 0 atom stereocenters. The molecule has 0 spiro atoms. The molecule has 2 aromatic carbocycles. The molecule has 0 N–H and O–H groups in total. The van der Waals surface area contributed by atoms with Crippen LogP contribution in [0, 0.1) is 0 Å². The maximum atomic E-state index is 5.78. The summed E-state index contributed by atoms with van der Waals surface area (Å²) in [5, 5.41) is 3.49. The van der Waals surface area contributed by atoms with Crippen molar-refractivity contribution in [3.8, 4) is 11.6 Å². The summed E-state index contributed by atoms with van der Waals surface area (Å²) in [4.78, 5) is 4.64. The average molecular weight is 316 g/mol. The lowest BCUT2D eigenvalue weighted by molar-refractivity contribution is 0.310. The van der Waals surface area contributed by atoms with E-state index in [1.165, 1.54) is 16.3 Å². The third-order valence-electron chi connectivity index (χ3n) is 4.29. The summed E-state index contributed by atoms with van der Waals surface area (Å²) in [5.74, 6) is 1.85. The zero-order valence-electron chi connectivity index (χ0n) is 13.8. The van der Waals surface area contributed by atoms with E-state index in [9.17, 15) is 0 Å². The Morgan fingerprint density at radius 1 is 0.958 bits per heavy atom. The second-order valence-electron chi connectivity index (χ2n) is 6.00. The highest BCUT2D eigenvalue weighted by Crippen LogP contribution is 2.24. The Labute approximate surface area is 141 Å². The van der Waals surface area contributed by atoms with Crippen molar-refractivity contribution in [3.05, 3.63) is 67.0 Å². The topological polar surface area (TPSA) is 27.1 Å². The minimum Gasteiger partial charge on any atom is -0.494 e. The molecule has 3 nitrogen and oxygen atoms in total. The number of fused-ring (bicyclic) bond motifs is 2. The van der Waals surface area contributed by atoms with Gasteiger partial charge in [0.15, 0.2) is 0 Å². The lowest BCUT2D eigenvalue weighted by atomic mass is 10.1. The van der Waals surface area contributed by atoms with Crippen molar-refractivity contribution < 1.29 is 4.74 Å². The fraction of sp³-hybridized carbons (Fsp3) is 0.190. The van der Waals surface area contributed by atoms with Gasteiger partial charge in [-0.2, -0.15) is 0 Å². The predicted molar refractivity (Wildman–Crippen MR) is 99.0 cm³/mol. The van der Waals surface area contributed by atoms with Gasteiger partial charge in [0.05, 0.1) is 12.1 Å². The Kier molecular flexibility index (Phi) is 3.91. The maximum absolute atomic E-state index is 5.78. The van der Waals surface area contributed by atoms with Crippen molar-refractivity contribution in [2.75, 3.05) is 6.61 Å². The Morgan fingerprint density at radius 3 is 2.79 bits per heavy atom. The summed E-state index contributed by atoms with van der Waals surface area (Å²) in [6.07, 6.45) is 6.21.